The number of nitrogens with one attached hydrogen (secondary N) is 1. The normalized spacial score (nSPS) is 11.8. The molecule has 0 spiro atoms. The molecule has 1 amide bonds. The molecule has 29 heavy (non-hydrogen) atoms. The Morgan fingerprint density at radius 1 is 1.10 bits per heavy atom. The fourth-order valence-electron chi connectivity index (χ4n) is 3.08. The van der Waals surface area contributed by atoms with Crippen molar-refractivity contribution in [1.82, 2.24) is 9.78 Å². The van der Waals surface area contributed by atoms with E-state index in [2.05, 4.69) is 10.4 Å². The molecule has 0 saturated carbocycles. The first-order chi connectivity index (χ1) is 13.9. The molecule has 7 nitrogen and oxygen atoms in total. The summed E-state index contributed by atoms with van der Waals surface area (Å²) >= 11 is 0. The van der Waals surface area contributed by atoms with Crippen LogP contribution in [0.4, 0.5) is 5.69 Å². The number of aryl methyl sites for hydroxylation is 3. The number of carbonyl (C=O) groups excluding carboxylic acids is 2. The number of carbonyl (C=O) groups is 2. The molecular formula is C22H23N3O4. The molecule has 7 heteroatoms. The van der Waals surface area contributed by atoms with Crippen LogP contribution in [0.15, 0.2) is 53.5 Å². The maximum atomic E-state index is 12.4. The van der Waals surface area contributed by atoms with Crippen LogP contribution in [-0.2, 0) is 20.9 Å². The van der Waals surface area contributed by atoms with E-state index in [0.717, 1.165) is 16.8 Å². The number of fused-ring (bicyclic) bond motifs is 1. The smallest absolute Gasteiger partial charge is 0.308 e. The number of benzene rings is 2. The number of nitrogens with zero attached hydrogens (tertiary/aromatic N) is 2. The zero-order valence-corrected chi connectivity index (χ0v) is 16.6. The molecule has 0 radical (unpaired) electrons. The van der Waals surface area contributed by atoms with Crippen molar-refractivity contribution < 1.29 is 14.3 Å². The highest BCUT2D eigenvalue weighted by molar-refractivity contribution is 5.96. The lowest BCUT2D eigenvalue weighted by Gasteiger charge is -2.16. The molecule has 0 aliphatic carbocycles. The van der Waals surface area contributed by atoms with Gasteiger partial charge < -0.3 is 10.1 Å². The standard InChI is InChI=1S/C22H23N3O4/c1-14-7-6-8-15(2)21(14)24-22(28)16(3)29-20(27)11-12-25-18-10-5-4-9-17(18)19(26)13-23-25/h4-10,13,16H,11-12H2,1-3H3,(H,24,28)/t16-/m0/s1. The largest absolute Gasteiger partial charge is 0.452 e. The fourth-order valence-corrected chi connectivity index (χ4v) is 3.08. The van der Waals surface area contributed by atoms with Crippen molar-refractivity contribution in [3.8, 4) is 0 Å². The van der Waals surface area contributed by atoms with Gasteiger partial charge in [-0.15, -0.1) is 0 Å². The zero-order valence-electron chi connectivity index (χ0n) is 16.6. The molecule has 0 fully saturated rings. The fraction of sp³-hybridized carbons (Fsp3) is 0.273. The summed E-state index contributed by atoms with van der Waals surface area (Å²) in [5, 5.41) is 7.44. The Labute approximate surface area is 168 Å². The van der Waals surface area contributed by atoms with E-state index in [9.17, 15) is 14.4 Å². The van der Waals surface area contributed by atoms with E-state index in [4.69, 9.17) is 4.74 Å². The Morgan fingerprint density at radius 2 is 1.79 bits per heavy atom. The van der Waals surface area contributed by atoms with Crippen LogP contribution in [0.25, 0.3) is 10.9 Å². The molecular weight excluding hydrogens is 370 g/mol. The molecule has 1 heterocycles. The van der Waals surface area contributed by atoms with E-state index in [1.165, 1.54) is 13.1 Å². The van der Waals surface area contributed by atoms with Gasteiger partial charge in [-0.05, 0) is 44.0 Å². The zero-order chi connectivity index (χ0) is 21.0. The van der Waals surface area contributed by atoms with Crippen LogP contribution in [0.2, 0.25) is 0 Å². The highest BCUT2D eigenvalue weighted by Crippen LogP contribution is 2.20. The molecule has 150 valence electrons. The lowest BCUT2D eigenvalue weighted by molar-refractivity contribution is -0.153. The van der Waals surface area contributed by atoms with Crippen LogP contribution in [0, 0.1) is 13.8 Å². The molecule has 1 aromatic heterocycles. The van der Waals surface area contributed by atoms with Gasteiger partial charge in [-0.25, -0.2) is 0 Å². The average molecular weight is 393 g/mol. The van der Waals surface area contributed by atoms with Crippen molar-refractivity contribution in [2.45, 2.75) is 39.8 Å². The highest BCUT2D eigenvalue weighted by atomic mass is 16.5. The Balaban J connectivity index is 1.60. The Kier molecular flexibility index (Phi) is 6.07. The minimum atomic E-state index is -0.930. The van der Waals surface area contributed by atoms with Crippen LogP contribution < -0.4 is 10.7 Å². The number of para-hydroxylation sites is 2. The van der Waals surface area contributed by atoms with E-state index in [-0.39, 0.29) is 24.3 Å². The molecule has 3 aromatic rings. The van der Waals surface area contributed by atoms with Gasteiger partial charge in [-0.1, -0.05) is 30.3 Å². The maximum absolute atomic E-state index is 12.4. The van der Waals surface area contributed by atoms with E-state index in [1.807, 2.05) is 32.0 Å². The minimum Gasteiger partial charge on any atom is -0.452 e. The van der Waals surface area contributed by atoms with Gasteiger partial charge in [-0.3, -0.25) is 19.1 Å². The van der Waals surface area contributed by atoms with Crippen molar-refractivity contribution in [3.63, 3.8) is 0 Å². The van der Waals surface area contributed by atoms with E-state index in [1.54, 1.807) is 28.9 Å². The molecule has 1 atom stereocenters. The van der Waals surface area contributed by atoms with Crippen molar-refractivity contribution >= 4 is 28.5 Å². The van der Waals surface area contributed by atoms with Gasteiger partial charge in [-0.2, -0.15) is 5.10 Å². The summed E-state index contributed by atoms with van der Waals surface area (Å²) < 4.78 is 6.85. The topological polar surface area (TPSA) is 90.3 Å². The third kappa shape index (κ3) is 4.68. The van der Waals surface area contributed by atoms with Gasteiger partial charge in [0.2, 0.25) is 5.43 Å². The summed E-state index contributed by atoms with van der Waals surface area (Å²) in [4.78, 5) is 36.5. The van der Waals surface area contributed by atoms with Gasteiger partial charge in [0.25, 0.3) is 5.91 Å². The van der Waals surface area contributed by atoms with Crippen molar-refractivity contribution in [3.05, 3.63) is 70.0 Å². The number of amides is 1. The summed E-state index contributed by atoms with van der Waals surface area (Å²) in [6.07, 6.45) is 0.329. The number of rotatable bonds is 6. The van der Waals surface area contributed by atoms with Crippen LogP contribution >= 0.6 is 0 Å². The first-order valence-corrected chi connectivity index (χ1v) is 9.38. The van der Waals surface area contributed by atoms with Crippen LogP contribution in [0.1, 0.15) is 24.5 Å². The van der Waals surface area contributed by atoms with Crippen molar-refractivity contribution in [2.75, 3.05) is 5.32 Å². The van der Waals surface area contributed by atoms with E-state index in [0.29, 0.717) is 10.9 Å². The predicted molar refractivity (Wildman–Crippen MR) is 111 cm³/mol. The molecule has 0 bridgehead atoms. The number of anilines is 1. The second kappa shape index (κ2) is 8.68. The summed E-state index contributed by atoms with van der Waals surface area (Å²) in [6, 6.07) is 12.8. The molecule has 2 aromatic carbocycles. The SMILES string of the molecule is Cc1cccc(C)c1NC(=O)[C@H](C)OC(=O)CCn1ncc(=O)c2ccccc21. The van der Waals surface area contributed by atoms with Gasteiger partial charge in [0.15, 0.2) is 6.10 Å². The third-order valence-corrected chi connectivity index (χ3v) is 4.70. The number of esters is 1. The molecule has 3 rings (SSSR count). The number of ether oxygens (including phenoxy) is 1. The summed E-state index contributed by atoms with van der Waals surface area (Å²) in [5.74, 6) is -0.901. The van der Waals surface area contributed by atoms with E-state index >= 15 is 0 Å². The molecule has 1 N–H and O–H groups in total. The Bertz CT molecular complexity index is 1100. The van der Waals surface area contributed by atoms with Crippen LogP contribution in [-0.4, -0.2) is 27.8 Å². The first kappa shape index (κ1) is 20.3. The third-order valence-electron chi connectivity index (χ3n) is 4.70. The summed E-state index contributed by atoms with van der Waals surface area (Å²) in [5.41, 5.74) is 3.08. The lowest BCUT2D eigenvalue weighted by atomic mass is 10.1. The first-order valence-electron chi connectivity index (χ1n) is 9.38. The van der Waals surface area contributed by atoms with E-state index < -0.39 is 12.1 Å². The number of hydrogen-bond donors (Lipinski definition) is 1. The quantitative estimate of drug-likeness (QED) is 0.650. The number of hydrogen-bond acceptors (Lipinski definition) is 5. The van der Waals surface area contributed by atoms with Gasteiger partial charge in [0, 0.05) is 11.1 Å². The van der Waals surface area contributed by atoms with Crippen LogP contribution in [0.3, 0.4) is 0 Å². The molecule has 0 aliphatic rings. The summed E-state index contributed by atoms with van der Waals surface area (Å²) in [7, 11) is 0. The second-order valence-electron chi connectivity index (χ2n) is 6.89. The van der Waals surface area contributed by atoms with Crippen molar-refractivity contribution in [2.24, 2.45) is 0 Å². The minimum absolute atomic E-state index is 0.0286. The Morgan fingerprint density at radius 3 is 2.52 bits per heavy atom. The highest BCUT2D eigenvalue weighted by Gasteiger charge is 2.19. The van der Waals surface area contributed by atoms with Crippen molar-refractivity contribution in [1.29, 1.82) is 0 Å². The van der Waals surface area contributed by atoms with Gasteiger partial charge in [0.1, 0.15) is 0 Å². The van der Waals surface area contributed by atoms with Gasteiger partial charge in [0.05, 0.1) is 24.7 Å². The molecule has 0 unspecified atom stereocenters. The monoisotopic (exact) mass is 393 g/mol. The average Bonchev–Trinajstić information content (AvgIpc) is 2.70. The molecule has 0 saturated heterocycles. The Hall–Kier alpha value is -3.48. The lowest BCUT2D eigenvalue weighted by Crippen LogP contribution is -2.30. The molecule has 0 aliphatic heterocycles. The second-order valence-corrected chi connectivity index (χ2v) is 6.89. The van der Waals surface area contributed by atoms with Crippen LogP contribution in [0.5, 0.6) is 0 Å². The predicted octanol–water partition coefficient (Wildman–Crippen LogP) is 2.97. The van der Waals surface area contributed by atoms with Gasteiger partial charge >= 0.3 is 5.97 Å². The number of aromatic nitrogens is 2. The summed E-state index contributed by atoms with van der Waals surface area (Å²) in [6.45, 7) is 5.58. The maximum Gasteiger partial charge on any atom is 0.308 e.